The molecule has 1 heterocycles. The molecule has 1 saturated carbocycles. The minimum atomic E-state index is -0.0994. The van der Waals surface area contributed by atoms with Gasteiger partial charge >= 0.3 is 0 Å². The third kappa shape index (κ3) is 1.72. The summed E-state index contributed by atoms with van der Waals surface area (Å²) in [4.78, 5) is 16.2. The first-order valence-corrected chi connectivity index (χ1v) is 5.73. The number of carbonyl (C=O) groups excluding carboxylic acids is 1. The minimum Gasteiger partial charge on any atom is -0.330 e. The molecule has 1 fully saturated rings. The lowest BCUT2D eigenvalue weighted by molar-refractivity contribution is 0.0912. The van der Waals surface area contributed by atoms with Crippen LogP contribution in [0.15, 0.2) is 5.38 Å². The number of carbonyl (C=O) groups is 1. The summed E-state index contributed by atoms with van der Waals surface area (Å²) in [6, 6.07) is 0. The standard InChI is InChI=1S/C10H14N2OS/c1-10(3-4-10)8(13)9-12-7(2-5-11)6-14-9/h6H,2-5,11H2,1H3. The molecule has 2 rings (SSSR count). The van der Waals surface area contributed by atoms with E-state index in [0.717, 1.165) is 25.0 Å². The van der Waals surface area contributed by atoms with E-state index in [0.29, 0.717) is 11.6 Å². The first kappa shape index (κ1) is 9.80. The number of nitrogens with zero attached hydrogens (tertiary/aromatic N) is 1. The summed E-state index contributed by atoms with van der Waals surface area (Å²) in [6.45, 7) is 2.61. The maximum atomic E-state index is 11.9. The van der Waals surface area contributed by atoms with E-state index < -0.39 is 0 Å². The van der Waals surface area contributed by atoms with Gasteiger partial charge in [-0.05, 0) is 19.4 Å². The average molecular weight is 210 g/mol. The normalized spacial score (nSPS) is 18.1. The van der Waals surface area contributed by atoms with Gasteiger partial charge in [-0.15, -0.1) is 11.3 Å². The summed E-state index contributed by atoms with van der Waals surface area (Å²) in [6.07, 6.45) is 2.79. The van der Waals surface area contributed by atoms with Crippen molar-refractivity contribution in [2.45, 2.75) is 26.2 Å². The van der Waals surface area contributed by atoms with Crippen LogP contribution in [0, 0.1) is 5.41 Å². The molecular formula is C10H14N2OS. The number of thiazole rings is 1. The highest BCUT2D eigenvalue weighted by Crippen LogP contribution is 2.47. The van der Waals surface area contributed by atoms with E-state index in [4.69, 9.17) is 5.73 Å². The van der Waals surface area contributed by atoms with Crippen LogP contribution in [0.3, 0.4) is 0 Å². The molecule has 0 aliphatic heterocycles. The quantitative estimate of drug-likeness (QED) is 0.768. The number of hydrogen-bond donors (Lipinski definition) is 1. The summed E-state index contributed by atoms with van der Waals surface area (Å²) in [5, 5.41) is 2.60. The van der Waals surface area contributed by atoms with Crippen molar-refractivity contribution in [1.82, 2.24) is 4.98 Å². The van der Waals surface area contributed by atoms with Crippen LogP contribution in [0.1, 0.15) is 35.3 Å². The molecule has 1 aliphatic carbocycles. The van der Waals surface area contributed by atoms with E-state index >= 15 is 0 Å². The Morgan fingerprint density at radius 2 is 2.43 bits per heavy atom. The maximum Gasteiger partial charge on any atom is 0.197 e. The van der Waals surface area contributed by atoms with Gasteiger partial charge in [0.1, 0.15) is 0 Å². The zero-order valence-corrected chi connectivity index (χ0v) is 9.06. The molecule has 76 valence electrons. The predicted molar refractivity (Wildman–Crippen MR) is 56.5 cm³/mol. The molecule has 4 heteroatoms. The summed E-state index contributed by atoms with van der Waals surface area (Å²) >= 11 is 1.45. The molecule has 0 atom stereocenters. The average Bonchev–Trinajstić information content (AvgIpc) is 2.76. The van der Waals surface area contributed by atoms with Gasteiger partial charge in [-0.3, -0.25) is 4.79 Å². The number of hydrogen-bond acceptors (Lipinski definition) is 4. The van der Waals surface area contributed by atoms with E-state index in [1.165, 1.54) is 11.3 Å². The van der Waals surface area contributed by atoms with Gasteiger partial charge in [-0.2, -0.15) is 0 Å². The van der Waals surface area contributed by atoms with Crippen LogP contribution < -0.4 is 5.73 Å². The van der Waals surface area contributed by atoms with Crippen molar-refractivity contribution in [3.05, 3.63) is 16.1 Å². The van der Waals surface area contributed by atoms with Gasteiger partial charge in [0.25, 0.3) is 0 Å². The molecule has 1 aliphatic rings. The molecular weight excluding hydrogens is 196 g/mol. The fraction of sp³-hybridized carbons (Fsp3) is 0.600. The third-order valence-electron chi connectivity index (χ3n) is 2.69. The molecule has 14 heavy (non-hydrogen) atoms. The summed E-state index contributed by atoms with van der Waals surface area (Å²) < 4.78 is 0. The minimum absolute atomic E-state index is 0.0994. The molecule has 1 aromatic heterocycles. The lowest BCUT2D eigenvalue weighted by Crippen LogP contribution is -2.12. The van der Waals surface area contributed by atoms with Crippen LogP contribution in [-0.4, -0.2) is 17.3 Å². The van der Waals surface area contributed by atoms with Gasteiger partial charge in [-0.25, -0.2) is 4.98 Å². The first-order valence-electron chi connectivity index (χ1n) is 4.85. The Balaban J connectivity index is 2.12. The Hall–Kier alpha value is -0.740. The van der Waals surface area contributed by atoms with Gasteiger partial charge in [-0.1, -0.05) is 6.92 Å². The maximum absolute atomic E-state index is 11.9. The van der Waals surface area contributed by atoms with E-state index in [-0.39, 0.29) is 11.2 Å². The first-order chi connectivity index (χ1) is 6.65. The molecule has 0 aromatic carbocycles. The molecule has 3 nitrogen and oxygen atoms in total. The molecule has 0 bridgehead atoms. The van der Waals surface area contributed by atoms with Crippen LogP contribution >= 0.6 is 11.3 Å². The predicted octanol–water partition coefficient (Wildman–Crippen LogP) is 1.63. The lowest BCUT2D eigenvalue weighted by Gasteiger charge is -2.01. The van der Waals surface area contributed by atoms with Crippen LogP contribution in [0.2, 0.25) is 0 Å². The summed E-state index contributed by atoms with van der Waals surface area (Å²) in [5.41, 5.74) is 6.27. The topological polar surface area (TPSA) is 56.0 Å². The fourth-order valence-electron chi connectivity index (χ4n) is 1.35. The zero-order chi connectivity index (χ0) is 10.2. The van der Waals surface area contributed by atoms with Crippen LogP contribution in [0.25, 0.3) is 0 Å². The summed E-state index contributed by atoms with van der Waals surface area (Å²) in [5.74, 6) is 0.214. The van der Waals surface area contributed by atoms with Crippen molar-refractivity contribution < 1.29 is 4.79 Å². The van der Waals surface area contributed by atoms with Gasteiger partial charge < -0.3 is 5.73 Å². The van der Waals surface area contributed by atoms with Crippen molar-refractivity contribution in [2.75, 3.05) is 6.54 Å². The number of ketones is 1. The molecule has 2 N–H and O–H groups in total. The highest BCUT2D eigenvalue weighted by atomic mass is 32.1. The molecule has 0 unspecified atom stereocenters. The molecule has 0 spiro atoms. The smallest absolute Gasteiger partial charge is 0.197 e. The number of aromatic nitrogens is 1. The molecule has 0 radical (unpaired) electrons. The van der Waals surface area contributed by atoms with Gasteiger partial charge in [0.2, 0.25) is 0 Å². The Bertz CT molecular complexity index is 355. The Labute approximate surface area is 87.3 Å². The number of rotatable bonds is 4. The lowest BCUT2D eigenvalue weighted by atomic mass is 10.1. The van der Waals surface area contributed by atoms with Crippen molar-refractivity contribution in [3.63, 3.8) is 0 Å². The monoisotopic (exact) mass is 210 g/mol. The van der Waals surface area contributed by atoms with Gasteiger partial charge in [0, 0.05) is 17.2 Å². The van der Waals surface area contributed by atoms with Gasteiger partial charge in [0.05, 0.1) is 5.69 Å². The van der Waals surface area contributed by atoms with Crippen LogP contribution in [-0.2, 0) is 6.42 Å². The van der Waals surface area contributed by atoms with E-state index in [9.17, 15) is 4.79 Å². The van der Waals surface area contributed by atoms with Crippen molar-refractivity contribution in [3.8, 4) is 0 Å². The number of Topliss-reactive ketones (excluding diaryl/α,β-unsaturated/α-hetero) is 1. The van der Waals surface area contributed by atoms with Crippen LogP contribution in [0.4, 0.5) is 0 Å². The Morgan fingerprint density at radius 1 is 1.71 bits per heavy atom. The SMILES string of the molecule is CC1(C(=O)c2nc(CCN)cs2)CC1. The number of nitrogens with two attached hydrogens (primary N) is 1. The largest absolute Gasteiger partial charge is 0.330 e. The zero-order valence-electron chi connectivity index (χ0n) is 8.25. The fourth-order valence-corrected chi connectivity index (χ4v) is 2.29. The van der Waals surface area contributed by atoms with E-state index in [1.54, 1.807) is 0 Å². The molecule has 0 amide bonds. The van der Waals surface area contributed by atoms with Crippen molar-refractivity contribution >= 4 is 17.1 Å². The Kier molecular flexibility index (Phi) is 2.41. The second-order valence-corrected chi connectivity index (χ2v) is 4.93. The van der Waals surface area contributed by atoms with E-state index in [2.05, 4.69) is 4.98 Å². The third-order valence-corrected chi connectivity index (χ3v) is 3.58. The Morgan fingerprint density at radius 3 is 3.00 bits per heavy atom. The highest BCUT2D eigenvalue weighted by molar-refractivity contribution is 7.11. The van der Waals surface area contributed by atoms with Crippen molar-refractivity contribution in [2.24, 2.45) is 11.1 Å². The van der Waals surface area contributed by atoms with Crippen molar-refractivity contribution in [1.29, 1.82) is 0 Å². The highest BCUT2D eigenvalue weighted by Gasteiger charge is 2.46. The molecule has 0 saturated heterocycles. The second kappa shape index (κ2) is 3.44. The van der Waals surface area contributed by atoms with E-state index in [1.807, 2.05) is 12.3 Å². The van der Waals surface area contributed by atoms with Crippen LogP contribution in [0.5, 0.6) is 0 Å². The second-order valence-electron chi connectivity index (χ2n) is 4.07. The molecule has 1 aromatic rings. The summed E-state index contributed by atoms with van der Waals surface area (Å²) in [7, 11) is 0. The van der Waals surface area contributed by atoms with Gasteiger partial charge in [0.15, 0.2) is 10.8 Å².